The summed E-state index contributed by atoms with van der Waals surface area (Å²) in [4.78, 5) is 2.22. The number of nitrogens with zero attached hydrogens (tertiary/aromatic N) is 1. The minimum Gasteiger partial charge on any atom is -0.314 e. The maximum absolute atomic E-state index is 14.3. The number of hydrogen-bond acceptors (Lipinski definition) is 2. The zero-order valence-electron chi connectivity index (χ0n) is 11.4. The average Bonchev–Trinajstić information content (AvgIpc) is 2.43. The Kier molecular flexibility index (Phi) is 9.87. The Bertz CT molecular complexity index is 465. The van der Waals surface area contributed by atoms with Gasteiger partial charge in [0.2, 0.25) is 0 Å². The molecule has 1 fully saturated rings. The van der Waals surface area contributed by atoms with E-state index in [0.717, 1.165) is 26.2 Å². The Morgan fingerprint density at radius 2 is 1.81 bits per heavy atom. The van der Waals surface area contributed by atoms with Crippen LogP contribution >= 0.6 is 48.0 Å². The zero-order valence-corrected chi connectivity index (χ0v) is 14.6. The van der Waals surface area contributed by atoms with Gasteiger partial charge in [-0.1, -0.05) is 29.3 Å². The molecule has 0 bridgehead atoms. The molecule has 0 amide bonds. The van der Waals surface area contributed by atoms with Crippen molar-refractivity contribution in [1.29, 1.82) is 0 Å². The van der Waals surface area contributed by atoms with Crippen molar-refractivity contribution in [1.82, 2.24) is 10.2 Å². The second-order valence-corrected chi connectivity index (χ2v) is 5.40. The van der Waals surface area contributed by atoms with Gasteiger partial charge in [0.15, 0.2) is 0 Å². The molecule has 21 heavy (non-hydrogen) atoms. The number of benzene rings is 1. The molecular formula is C14H19Cl4FN2. The molecule has 1 aliphatic heterocycles. The van der Waals surface area contributed by atoms with Gasteiger partial charge in [0.05, 0.1) is 5.02 Å². The summed E-state index contributed by atoms with van der Waals surface area (Å²) in [5, 5.41) is 3.82. The van der Waals surface area contributed by atoms with Gasteiger partial charge in [-0.25, -0.2) is 4.39 Å². The smallest absolute Gasteiger partial charge is 0.148 e. The van der Waals surface area contributed by atoms with Crippen molar-refractivity contribution >= 4 is 48.0 Å². The van der Waals surface area contributed by atoms with Gasteiger partial charge in [-0.05, 0) is 18.6 Å². The molecule has 120 valence electrons. The Labute approximate surface area is 147 Å². The molecule has 0 spiro atoms. The first kappa shape index (κ1) is 21.0. The predicted molar refractivity (Wildman–Crippen MR) is 92.9 cm³/mol. The van der Waals surface area contributed by atoms with Crippen LogP contribution in [-0.2, 0) is 0 Å². The first-order chi connectivity index (χ1) is 9.15. The molecule has 1 saturated heterocycles. The second-order valence-electron chi connectivity index (χ2n) is 4.58. The van der Waals surface area contributed by atoms with E-state index in [9.17, 15) is 4.39 Å². The molecule has 0 unspecified atom stereocenters. The zero-order chi connectivity index (χ0) is 13.8. The molecule has 2 nitrogen and oxygen atoms in total. The molecule has 1 heterocycles. The highest BCUT2D eigenvalue weighted by Crippen LogP contribution is 2.35. The highest BCUT2D eigenvalue weighted by molar-refractivity contribution is 6.33. The van der Waals surface area contributed by atoms with Crippen LogP contribution in [0, 0.1) is 5.82 Å². The SMILES string of the molecule is C=CC[C@H](c1c(Cl)ccc(Cl)c1F)N1CCNCC1.Cl.Cl. The normalized spacial score (nSPS) is 16.5. The lowest BCUT2D eigenvalue weighted by molar-refractivity contribution is 0.171. The fourth-order valence-corrected chi connectivity index (χ4v) is 2.89. The first-order valence-corrected chi connectivity index (χ1v) is 7.09. The molecule has 0 saturated carbocycles. The van der Waals surface area contributed by atoms with Crippen LogP contribution in [0.5, 0.6) is 0 Å². The topological polar surface area (TPSA) is 15.3 Å². The Morgan fingerprint density at radius 1 is 1.24 bits per heavy atom. The molecule has 7 heteroatoms. The lowest BCUT2D eigenvalue weighted by Crippen LogP contribution is -2.45. The van der Waals surface area contributed by atoms with E-state index in [1.807, 2.05) is 0 Å². The molecule has 1 atom stereocenters. The fourth-order valence-electron chi connectivity index (χ4n) is 2.45. The molecule has 1 aromatic carbocycles. The van der Waals surface area contributed by atoms with Crippen LogP contribution in [0.4, 0.5) is 4.39 Å². The van der Waals surface area contributed by atoms with E-state index in [-0.39, 0.29) is 35.9 Å². The Balaban J connectivity index is 0.00000200. The fraction of sp³-hybridized carbons (Fsp3) is 0.429. The van der Waals surface area contributed by atoms with Crippen molar-refractivity contribution in [3.8, 4) is 0 Å². The van der Waals surface area contributed by atoms with Gasteiger partial charge in [0.25, 0.3) is 0 Å². The third kappa shape index (κ3) is 4.98. The highest BCUT2D eigenvalue weighted by Gasteiger charge is 2.26. The number of piperazine rings is 1. The van der Waals surface area contributed by atoms with Crippen LogP contribution in [0.25, 0.3) is 0 Å². The van der Waals surface area contributed by atoms with Crippen LogP contribution in [0.15, 0.2) is 24.8 Å². The van der Waals surface area contributed by atoms with Crippen molar-refractivity contribution in [3.05, 3.63) is 46.2 Å². The number of nitrogens with one attached hydrogen (secondary N) is 1. The standard InChI is InChI=1S/C14H17Cl2FN2.2ClH/c1-2-3-12(19-8-6-18-7-9-19)13-10(15)4-5-11(16)14(13)17;;/h2,4-5,12,18H,1,3,6-9H2;2*1H/t12-;;/m1../s1. The monoisotopic (exact) mass is 374 g/mol. The summed E-state index contributed by atoms with van der Waals surface area (Å²) in [5.74, 6) is -0.417. The number of hydrogen-bond donors (Lipinski definition) is 1. The first-order valence-electron chi connectivity index (χ1n) is 6.34. The second kappa shape index (κ2) is 9.88. The van der Waals surface area contributed by atoms with Gasteiger partial charge in [0, 0.05) is 42.8 Å². The summed E-state index contributed by atoms with van der Waals surface area (Å²) in [6.45, 7) is 7.28. The molecule has 1 aromatic rings. The summed E-state index contributed by atoms with van der Waals surface area (Å²) in [7, 11) is 0. The summed E-state index contributed by atoms with van der Waals surface area (Å²) in [6, 6.07) is 3.04. The molecule has 1 aliphatic rings. The minimum absolute atomic E-state index is 0. The Morgan fingerprint density at radius 3 is 2.38 bits per heavy atom. The highest BCUT2D eigenvalue weighted by atomic mass is 35.5. The predicted octanol–water partition coefficient (Wildman–Crippen LogP) is 4.50. The summed E-state index contributed by atoms with van der Waals surface area (Å²) < 4.78 is 14.3. The van der Waals surface area contributed by atoms with Crippen LogP contribution in [0.1, 0.15) is 18.0 Å². The van der Waals surface area contributed by atoms with Crippen LogP contribution in [-0.4, -0.2) is 31.1 Å². The molecule has 1 N–H and O–H groups in total. The molecule has 2 rings (SSSR count). The quantitative estimate of drug-likeness (QED) is 0.615. The van der Waals surface area contributed by atoms with Crippen molar-refractivity contribution in [2.45, 2.75) is 12.5 Å². The lowest BCUT2D eigenvalue weighted by atomic mass is 10.0. The van der Waals surface area contributed by atoms with E-state index >= 15 is 0 Å². The van der Waals surface area contributed by atoms with Gasteiger partial charge >= 0.3 is 0 Å². The van der Waals surface area contributed by atoms with Gasteiger partial charge in [-0.2, -0.15) is 0 Å². The summed E-state index contributed by atoms with van der Waals surface area (Å²) in [5.41, 5.74) is 0.482. The third-order valence-electron chi connectivity index (χ3n) is 3.39. The lowest BCUT2D eigenvalue weighted by Gasteiger charge is -2.35. The van der Waals surface area contributed by atoms with E-state index < -0.39 is 5.82 Å². The van der Waals surface area contributed by atoms with E-state index in [2.05, 4.69) is 16.8 Å². The molecular weight excluding hydrogens is 357 g/mol. The number of rotatable bonds is 4. The van der Waals surface area contributed by atoms with E-state index in [1.54, 1.807) is 12.1 Å². The number of halogens is 5. The summed E-state index contributed by atoms with van der Waals surface area (Å²) >= 11 is 12.1. The van der Waals surface area contributed by atoms with Crippen molar-refractivity contribution in [2.75, 3.05) is 26.2 Å². The molecule has 0 aliphatic carbocycles. The van der Waals surface area contributed by atoms with Gasteiger partial charge in [-0.3, -0.25) is 4.90 Å². The maximum Gasteiger partial charge on any atom is 0.148 e. The van der Waals surface area contributed by atoms with Crippen molar-refractivity contribution < 1.29 is 4.39 Å². The molecule has 0 aromatic heterocycles. The maximum atomic E-state index is 14.3. The molecule has 0 radical (unpaired) electrons. The largest absolute Gasteiger partial charge is 0.314 e. The minimum atomic E-state index is -0.417. The van der Waals surface area contributed by atoms with Gasteiger partial charge in [0.1, 0.15) is 5.82 Å². The average molecular weight is 376 g/mol. The van der Waals surface area contributed by atoms with Crippen LogP contribution in [0.3, 0.4) is 0 Å². The van der Waals surface area contributed by atoms with Crippen LogP contribution < -0.4 is 5.32 Å². The van der Waals surface area contributed by atoms with E-state index in [1.165, 1.54) is 6.07 Å². The van der Waals surface area contributed by atoms with Crippen molar-refractivity contribution in [2.24, 2.45) is 0 Å². The van der Waals surface area contributed by atoms with Gasteiger partial charge < -0.3 is 5.32 Å². The third-order valence-corrected chi connectivity index (χ3v) is 4.02. The van der Waals surface area contributed by atoms with Crippen molar-refractivity contribution in [3.63, 3.8) is 0 Å². The van der Waals surface area contributed by atoms with E-state index in [0.29, 0.717) is 17.0 Å². The summed E-state index contributed by atoms with van der Waals surface area (Å²) in [6.07, 6.45) is 2.44. The van der Waals surface area contributed by atoms with E-state index in [4.69, 9.17) is 23.2 Å². The van der Waals surface area contributed by atoms with Gasteiger partial charge in [-0.15, -0.1) is 31.4 Å². The Hall–Kier alpha value is -0.0300. The van der Waals surface area contributed by atoms with Crippen LogP contribution in [0.2, 0.25) is 10.0 Å².